The Hall–Kier alpha value is -1.65. The summed E-state index contributed by atoms with van der Waals surface area (Å²) in [6.07, 6.45) is 0. The van der Waals surface area contributed by atoms with Crippen molar-refractivity contribution in [2.24, 2.45) is 0 Å². The Kier molecular flexibility index (Phi) is 3.24. The van der Waals surface area contributed by atoms with E-state index in [4.69, 9.17) is 5.73 Å². The highest BCUT2D eigenvalue weighted by Crippen LogP contribution is 2.29. The topological polar surface area (TPSA) is 52.3 Å². The van der Waals surface area contributed by atoms with Crippen molar-refractivity contribution < 1.29 is 18.3 Å². The van der Waals surface area contributed by atoms with Crippen LogP contribution in [-0.4, -0.2) is 12.4 Å². The number of nitrogen functional groups attached to an aromatic ring is 1. The van der Waals surface area contributed by atoms with Crippen molar-refractivity contribution in [1.82, 2.24) is 0 Å². The highest BCUT2D eigenvalue weighted by atomic mass is 19.3. The number of alkyl halides is 2. The van der Waals surface area contributed by atoms with Crippen molar-refractivity contribution >= 4 is 11.5 Å². The minimum absolute atomic E-state index is 0.0421. The van der Waals surface area contributed by atoms with Crippen LogP contribution in [0, 0.1) is 6.92 Å². The number of halogens is 2. The molecule has 0 aromatic heterocycles. The Bertz CT molecular complexity index is 391. The third kappa shape index (κ3) is 2.65. The van der Waals surface area contributed by atoms with Crippen LogP contribution in [0.25, 0.3) is 0 Å². The number of ether oxygens (including phenoxy) is 1. The molecule has 0 radical (unpaired) electrons. The molecule has 0 spiro atoms. The maximum atomic E-state index is 12.1. The number of ketones is 1. The number of Topliss-reactive ketones (excluding diaryl/α,β-unsaturated/α-hetero) is 1. The standard InChI is InChI=1S/C10H11F2NO2/c1-5-3-7(6(2)14)9(8(13)4-5)15-10(11)12/h3-4,10H,13H2,1-2H3. The van der Waals surface area contributed by atoms with Crippen LogP contribution in [0.5, 0.6) is 5.75 Å². The minimum atomic E-state index is -2.99. The molecule has 0 heterocycles. The van der Waals surface area contributed by atoms with Crippen LogP contribution in [0.1, 0.15) is 22.8 Å². The largest absolute Gasteiger partial charge is 0.432 e. The lowest BCUT2D eigenvalue weighted by Gasteiger charge is -2.12. The van der Waals surface area contributed by atoms with Gasteiger partial charge in [0.05, 0.1) is 11.3 Å². The van der Waals surface area contributed by atoms with E-state index in [2.05, 4.69) is 4.74 Å². The predicted octanol–water partition coefficient (Wildman–Crippen LogP) is 2.38. The van der Waals surface area contributed by atoms with Gasteiger partial charge in [0.25, 0.3) is 0 Å². The van der Waals surface area contributed by atoms with E-state index in [0.29, 0.717) is 0 Å². The second-order valence-corrected chi connectivity index (χ2v) is 3.17. The van der Waals surface area contributed by atoms with Gasteiger partial charge in [-0.1, -0.05) is 0 Å². The van der Waals surface area contributed by atoms with E-state index in [1.165, 1.54) is 19.1 Å². The molecule has 0 saturated heterocycles. The molecule has 0 atom stereocenters. The molecule has 1 rings (SSSR count). The third-order valence-electron chi connectivity index (χ3n) is 1.85. The Morgan fingerprint density at radius 3 is 2.53 bits per heavy atom. The van der Waals surface area contributed by atoms with Gasteiger partial charge in [0.1, 0.15) is 0 Å². The molecule has 15 heavy (non-hydrogen) atoms. The highest BCUT2D eigenvalue weighted by molar-refractivity contribution is 5.98. The van der Waals surface area contributed by atoms with E-state index < -0.39 is 6.61 Å². The van der Waals surface area contributed by atoms with Gasteiger partial charge in [-0.2, -0.15) is 8.78 Å². The summed E-state index contributed by atoms with van der Waals surface area (Å²) >= 11 is 0. The van der Waals surface area contributed by atoms with Crippen molar-refractivity contribution in [2.75, 3.05) is 5.73 Å². The molecule has 2 N–H and O–H groups in total. The van der Waals surface area contributed by atoms with E-state index in [0.717, 1.165) is 5.56 Å². The fraction of sp³-hybridized carbons (Fsp3) is 0.300. The Labute approximate surface area is 85.8 Å². The first-order valence-electron chi connectivity index (χ1n) is 4.27. The Morgan fingerprint density at radius 1 is 1.47 bits per heavy atom. The first-order valence-corrected chi connectivity index (χ1v) is 4.27. The molecule has 0 amide bonds. The van der Waals surface area contributed by atoms with Gasteiger partial charge in [-0.15, -0.1) is 0 Å². The number of rotatable bonds is 3. The number of carbonyl (C=O) groups excluding carboxylic acids is 1. The smallest absolute Gasteiger partial charge is 0.387 e. The van der Waals surface area contributed by atoms with Gasteiger partial charge >= 0.3 is 6.61 Å². The summed E-state index contributed by atoms with van der Waals surface area (Å²) in [5, 5.41) is 0. The van der Waals surface area contributed by atoms with Crippen LogP contribution in [0.3, 0.4) is 0 Å². The molecule has 0 bridgehead atoms. The monoisotopic (exact) mass is 215 g/mol. The fourth-order valence-electron chi connectivity index (χ4n) is 1.28. The summed E-state index contributed by atoms with van der Waals surface area (Å²) in [5.41, 5.74) is 6.34. The van der Waals surface area contributed by atoms with E-state index in [-0.39, 0.29) is 22.8 Å². The molecular weight excluding hydrogens is 204 g/mol. The van der Waals surface area contributed by atoms with Gasteiger partial charge < -0.3 is 10.5 Å². The van der Waals surface area contributed by atoms with Gasteiger partial charge in [-0.3, -0.25) is 4.79 Å². The molecule has 5 heteroatoms. The molecule has 1 aromatic carbocycles. The lowest BCUT2D eigenvalue weighted by atomic mass is 10.1. The Morgan fingerprint density at radius 2 is 2.07 bits per heavy atom. The molecule has 0 saturated carbocycles. The van der Waals surface area contributed by atoms with E-state index >= 15 is 0 Å². The number of hydrogen-bond donors (Lipinski definition) is 1. The van der Waals surface area contributed by atoms with Crippen LogP contribution in [-0.2, 0) is 0 Å². The quantitative estimate of drug-likeness (QED) is 0.622. The summed E-state index contributed by atoms with van der Waals surface area (Å²) in [7, 11) is 0. The maximum Gasteiger partial charge on any atom is 0.387 e. The highest BCUT2D eigenvalue weighted by Gasteiger charge is 2.16. The summed E-state index contributed by atoms with van der Waals surface area (Å²) < 4.78 is 28.3. The maximum absolute atomic E-state index is 12.1. The summed E-state index contributed by atoms with van der Waals surface area (Å²) in [6.45, 7) is -0.00490. The second kappa shape index (κ2) is 4.25. The number of anilines is 1. The van der Waals surface area contributed by atoms with Gasteiger partial charge in [-0.05, 0) is 31.5 Å². The van der Waals surface area contributed by atoms with Crippen LogP contribution in [0.4, 0.5) is 14.5 Å². The average molecular weight is 215 g/mol. The molecule has 0 aliphatic rings. The van der Waals surface area contributed by atoms with Gasteiger partial charge in [0.15, 0.2) is 11.5 Å². The molecule has 0 fully saturated rings. The number of carbonyl (C=O) groups is 1. The molecule has 3 nitrogen and oxygen atoms in total. The summed E-state index contributed by atoms with van der Waals surface area (Å²) in [6, 6.07) is 2.94. The van der Waals surface area contributed by atoms with Gasteiger partial charge in [0.2, 0.25) is 0 Å². The van der Waals surface area contributed by atoms with E-state index in [1.54, 1.807) is 6.92 Å². The average Bonchev–Trinajstić information content (AvgIpc) is 2.08. The van der Waals surface area contributed by atoms with Crippen LogP contribution in [0.15, 0.2) is 12.1 Å². The zero-order valence-electron chi connectivity index (χ0n) is 8.38. The van der Waals surface area contributed by atoms with E-state index in [9.17, 15) is 13.6 Å². The van der Waals surface area contributed by atoms with Crippen molar-refractivity contribution in [3.63, 3.8) is 0 Å². The minimum Gasteiger partial charge on any atom is -0.432 e. The van der Waals surface area contributed by atoms with E-state index in [1.807, 2.05) is 0 Å². The number of aryl methyl sites for hydroxylation is 1. The normalized spacial score (nSPS) is 10.5. The van der Waals surface area contributed by atoms with Gasteiger partial charge in [-0.25, -0.2) is 0 Å². The lowest BCUT2D eigenvalue weighted by Crippen LogP contribution is -2.09. The van der Waals surface area contributed by atoms with Crippen LogP contribution in [0.2, 0.25) is 0 Å². The van der Waals surface area contributed by atoms with Crippen molar-refractivity contribution in [3.05, 3.63) is 23.3 Å². The molecule has 0 aliphatic heterocycles. The fourth-order valence-corrected chi connectivity index (χ4v) is 1.28. The SMILES string of the molecule is CC(=O)c1cc(C)cc(N)c1OC(F)F. The lowest BCUT2D eigenvalue weighted by molar-refractivity contribution is -0.0496. The second-order valence-electron chi connectivity index (χ2n) is 3.17. The van der Waals surface area contributed by atoms with Crippen molar-refractivity contribution in [2.45, 2.75) is 20.5 Å². The first kappa shape index (κ1) is 11.4. The zero-order chi connectivity index (χ0) is 11.6. The number of benzene rings is 1. The molecule has 1 aromatic rings. The Balaban J connectivity index is 3.27. The van der Waals surface area contributed by atoms with Crippen molar-refractivity contribution in [3.8, 4) is 5.75 Å². The zero-order valence-corrected chi connectivity index (χ0v) is 8.38. The first-order chi connectivity index (χ1) is 6.91. The van der Waals surface area contributed by atoms with Gasteiger partial charge in [0, 0.05) is 0 Å². The number of hydrogen-bond acceptors (Lipinski definition) is 3. The van der Waals surface area contributed by atoms with Crippen LogP contribution >= 0.6 is 0 Å². The molecular formula is C10H11F2NO2. The predicted molar refractivity (Wildman–Crippen MR) is 52.2 cm³/mol. The molecule has 0 unspecified atom stereocenters. The summed E-state index contributed by atoms with van der Waals surface area (Å²) in [5.74, 6) is -0.607. The summed E-state index contributed by atoms with van der Waals surface area (Å²) in [4.78, 5) is 11.2. The third-order valence-corrected chi connectivity index (χ3v) is 1.85. The van der Waals surface area contributed by atoms with Crippen LogP contribution < -0.4 is 10.5 Å². The molecule has 0 aliphatic carbocycles. The van der Waals surface area contributed by atoms with Crippen molar-refractivity contribution in [1.29, 1.82) is 0 Å². The molecule has 82 valence electrons. The number of nitrogens with two attached hydrogens (primary N) is 1.